The average Bonchev–Trinajstić information content (AvgIpc) is 2.97. The fourth-order valence-corrected chi connectivity index (χ4v) is 2.48. The zero-order valence-corrected chi connectivity index (χ0v) is 13.0. The number of hydrogen-bond acceptors (Lipinski definition) is 4. The minimum Gasteiger partial charge on any atom is -0.444 e. The van der Waals surface area contributed by atoms with Crippen LogP contribution in [0, 0.1) is 0 Å². The lowest BCUT2D eigenvalue weighted by molar-refractivity contribution is -0.120. The lowest BCUT2D eigenvalue weighted by Crippen LogP contribution is -2.25. The molecule has 0 fully saturated rings. The molecule has 21 heavy (non-hydrogen) atoms. The second kappa shape index (κ2) is 8.52. The van der Waals surface area contributed by atoms with Crippen molar-refractivity contribution in [2.75, 3.05) is 18.1 Å². The van der Waals surface area contributed by atoms with Crippen LogP contribution < -0.4 is 5.32 Å². The average molecular weight is 304 g/mol. The van der Waals surface area contributed by atoms with E-state index in [4.69, 9.17) is 4.42 Å². The fraction of sp³-hybridized carbons (Fsp3) is 0.375. The van der Waals surface area contributed by atoms with E-state index in [0.29, 0.717) is 25.3 Å². The van der Waals surface area contributed by atoms with Crippen molar-refractivity contribution < 1.29 is 9.21 Å². The second-order valence-electron chi connectivity index (χ2n) is 4.56. The predicted octanol–water partition coefficient (Wildman–Crippen LogP) is 3.14. The van der Waals surface area contributed by atoms with Crippen LogP contribution in [0.15, 0.2) is 41.0 Å². The van der Waals surface area contributed by atoms with Crippen LogP contribution in [0.3, 0.4) is 0 Å². The summed E-state index contributed by atoms with van der Waals surface area (Å²) in [7, 11) is 0. The maximum absolute atomic E-state index is 11.6. The number of thioether (sulfide) groups is 1. The van der Waals surface area contributed by atoms with Gasteiger partial charge in [0.2, 0.25) is 11.8 Å². The molecule has 0 bridgehead atoms. The molecule has 5 heteroatoms. The summed E-state index contributed by atoms with van der Waals surface area (Å²) in [4.78, 5) is 16.0. The highest BCUT2D eigenvalue weighted by molar-refractivity contribution is 7.99. The van der Waals surface area contributed by atoms with Crippen LogP contribution in [0.4, 0.5) is 0 Å². The summed E-state index contributed by atoms with van der Waals surface area (Å²) >= 11 is 1.78. The molecule has 4 nitrogen and oxygen atoms in total. The van der Waals surface area contributed by atoms with Gasteiger partial charge in [-0.1, -0.05) is 25.1 Å². The van der Waals surface area contributed by atoms with Crippen molar-refractivity contribution in [2.45, 2.75) is 19.8 Å². The van der Waals surface area contributed by atoms with E-state index in [9.17, 15) is 4.79 Å². The normalized spacial score (nSPS) is 10.5. The number of oxazole rings is 1. The Morgan fingerprint density at radius 2 is 2.14 bits per heavy atom. The van der Waals surface area contributed by atoms with E-state index >= 15 is 0 Å². The summed E-state index contributed by atoms with van der Waals surface area (Å²) in [6.45, 7) is 2.69. The molecule has 0 atom stereocenters. The highest BCUT2D eigenvalue weighted by atomic mass is 32.2. The number of carbonyl (C=O) groups excluding carboxylic acids is 1. The van der Waals surface area contributed by atoms with Crippen LogP contribution in [0.2, 0.25) is 0 Å². The molecule has 112 valence electrons. The summed E-state index contributed by atoms with van der Waals surface area (Å²) in [6.07, 6.45) is 2.91. The molecule has 1 heterocycles. The van der Waals surface area contributed by atoms with Gasteiger partial charge >= 0.3 is 0 Å². The summed E-state index contributed by atoms with van der Waals surface area (Å²) in [5.41, 5.74) is 1.82. The van der Waals surface area contributed by atoms with Gasteiger partial charge in [0, 0.05) is 30.7 Å². The molecule has 0 saturated heterocycles. The van der Waals surface area contributed by atoms with Gasteiger partial charge in [-0.3, -0.25) is 4.79 Å². The van der Waals surface area contributed by atoms with Crippen molar-refractivity contribution in [3.8, 4) is 11.5 Å². The van der Waals surface area contributed by atoms with E-state index in [1.165, 1.54) is 0 Å². The molecule has 0 radical (unpaired) electrons. The molecule has 0 aliphatic carbocycles. The highest BCUT2D eigenvalue weighted by Gasteiger charge is 2.06. The molecular weight excluding hydrogens is 284 g/mol. The maximum Gasteiger partial charge on any atom is 0.226 e. The first-order valence-corrected chi connectivity index (χ1v) is 8.29. The zero-order chi connectivity index (χ0) is 14.9. The van der Waals surface area contributed by atoms with Crippen molar-refractivity contribution in [3.63, 3.8) is 0 Å². The Bertz CT molecular complexity index is 554. The van der Waals surface area contributed by atoms with Gasteiger partial charge in [-0.2, -0.15) is 11.8 Å². The standard InChI is InChI=1S/C16H20N2O2S/c1-2-21-11-9-15(19)17-10-8-14-12-20-16(18-14)13-6-4-3-5-7-13/h3-7,12H,2,8-11H2,1H3,(H,17,19). The Morgan fingerprint density at radius 3 is 2.90 bits per heavy atom. The first-order valence-electron chi connectivity index (χ1n) is 7.14. The van der Waals surface area contributed by atoms with Crippen molar-refractivity contribution >= 4 is 17.7 Å². The van der Waals surface area contributed by atoms with Crippen LogP contribution in [-0.4, -0.2) is 28.9 Å². The third-order valence-corrected chi connectivity index (χ3v) is 3.85. The number of benzene rings is 1. The zero-order valence-electron chi connectivity index (χ0n) is 12.2. The Balaban J connectivity index is 1.75. The molecule has 0 aliphatic rings. The van der Waals surface area contributed by atoms with Gasteiger partial charge in [0.1, 0.15) is 6.26 Å². The number of rotatable bonds is 8. The van der Waals surface area contributed by atoms with E-state index in [-0.39, 0.29) is 5.91 Å². The van der Waals surface area contributed by atoms with Crippen LogP contribution in [-0.2, 0) is 11.2 Å². The van der Waals surface area contributed by atoms with E-state index in [1.807, 2.05) is 30.3 Å². The molecule has 1 N–H and O–H groups in total. The third-order valence-electron chi connectivity index (χ3n) is 2.95. The Hall–Kier alpha value is -1.75. The van der Waals surface area contributed by atoms with Gasteiger partial charge in [-0.25, -0.2) is 4.98 Å². The van der Waals surface area contributed by atoms with Crippen LogP contribution in [0.5, 0.6) is 0 Å². The molecule has 1 aromatic heterocycles. The van der Waals surface area contributed by atoms with Gasteiger partial charge in [0.05, 0.1) is 5.69 Å². The summed E-state index contributed by atoms with van der Waals surface area (Å²) in [5, 5.41) is 2.91. The predicted molar refractivity (Wildman–Crippen MR) is 86.3 cm³/mol. The van der Waals surface area contributed by atoms with Gasteiger partial charge in [0.25, 0.3) is 0 Å². The molecule has 2 aromatic rings. The monoisotopic (exact) mass is 304 g/mol. The molecular formula is C16H20N2O2S. The Labute approximate surface area is 129 Å². The van der Waals surface area contributed by atoms with E-state index in [0.717, 1.165) is 22.8 Å². The lowest BCUT2D eigenvalue weighted by atomic mass is 10.2. The highest BCUT2D eigenvalue weighted by Crippen LogP contribution is 2.17. The summed E-state index contributed by atoms with van der Waals surface area (Å²) in [6, 6.07) is 9.78. The van der Waals surface area contributed by atoms with Crippen molar-refractivity contribution in [3.05, 3.63) is 42.3 Å². The fourth-order valence-electron chi connectivity index (χ4n) is 1.86. The SMILES string of the molecule is CCSCCC(=O)NCCc1coc(-c2ccccc2)n1. The smallest absolute Gasteiger partial charge is 0.226 e. The van der Waals surface area contributed by atoms with Crippen molar-refractivity contribution in [1.29, 1.82) is 0 Å². The van der Waals surface area contributed by atoms with Crippen molar-refractivity contribution in [1.82, 2.24) is 10.3 Å². The minimum absolute atomic E-state index is 0.0997. The van der Waals surface area contributed by atoms with Crippen LogP contribution in [0.25, 0.3) is 11.5 Å². The van der Waals surface area contributed by atoms with E-state index in [1.54, 1.807) is 18.0 Å². The summed E-state index contributed by atoms with van der Waals surface area (Å²) < 4.78 is 5.46. The number of nitrogens with zero attached hydrogens (tertiary/aromatic N) is 1. The van der Waals surface area contributed by atoms with Gasteiger partial charge < -0.3 is 9.73 Å². The number of hydrogen-bond donors (Lipinski definition) is 1. The Morgan fingerprint density at radius 1 is 1.33 bits per heavy atom. The first-order chi connectivity index (χ1) is 10.3. The van der Waals surface area contributed by atoms with E-state index in [2.05, 4.69) is 17.2 Å². The number of nitrogens with one attached hydrogen (secondary N) is 1. The molecule has 0 aliphatic heterocycles. The third kappa shape index (κ3) is 5.27. The Kier molecular flexibility index (Phi) is 6.34. The number of aromatic nitrogens is 1. The van der Waals surface area contributed by atoms with Gasteiger partial charge in [0.15, 0.2) is 0 Å². The molecule has 1 aromatic carbocycles. The quantitative estimate of drug-likeness (QED) is 0.761. The molecule has 0 saturated carbocycles. The minimum atomic E-state index is 0.0997. The number of carbonyl (C=O) groups is 1. The van der Waals surface area contributed by atoms with Crippen LogP contribution in [0.1, 0.15) is 19.0 Å². The summed E-state index contributed by atoms with van der Waals surface area (Å²) in [5.74, 6) is 2.65. The molecule has 0 spiro atoms. The van der Waals surface area contributed by atoms with Gasteiger partial charge in [-0.15, -0.1) is 0 Å². The molecule has 2 rings (SSSR count). The molecule has 0 unspecified atom stereocenters. The second-order valence-corrected chi connectivity index (χ2v) is 5.95. The lowest BCUT2D eigenvalue weighted by Gasteiger charge is -2.02. The maximum atomic E-state index is 11.6. The largest absolute Gasteiger partial charge is 0.444 e. The van der Waals surface area contributed by atoms with Gasteiger partial charge in [-0.05, 0) is 17.9 Å². The number of amides is 1. The topological polar surface area (TPSA) is 55.1 Å². The first kappa shape index (κ1) is 15.6. The van der Waals surface area contributed by atoms with E-state index < -0.39 is 0 Å². The van der Waals surface area contributed by atoms with Crippen LogP contribution >= 0.6 is 11.8 Å². The molecule has 1 amide bonds. The van der Waals surface area contributed by atoms with Crippen molar-refractivity contribution in [2.24, 2.45) is 0 Å².